The number of hydrogen-bond acceptors (Lipinski definition) is 5. The number of hydrogen-bond donors (Lipinski definition) is 2. The quantitative estimate of drug-likeness (QED) is 0.584. The Kier molecular flexibility index (Phi) is 6.90. The Morgan fingerprint density at radius 1 is 1.40 bits per heavy atom. The van der Waals surface area contributed by atoms with E-state index in [9.17, 15) is 14.9 Å². The maximum atomic E-state index is 12.6. The van der Waals surface area contributed by atoms with Crippen LogP contribution in [-0.2, 0) is 4.79 Å². The maximum Gasteiger partial charge on any atom is 0.274 e. The number of nitrogens with one attached hydrogen (secondary N) is 2. The first-order valence-corrected chi connectivity index (χ1v) is 8.87. The van der Waals surface area contributed by atoms with Gasteiger partial charge in [0.1, 0.15) is 0 Å². The van der Waals surface area contributed by atoms with Crippen molar-refractivity contribution >= 4 is 17.3 Å². The van der Waals surface area contributed by atoms with Crippen molar-refractivity contribution in [1.29, 1.82) is 0 Å². The topological polar surface area (TPSA) is 87.5 Å². The van der Waals surface area contributed by atoms with E-state index in [-0.39, 0.29) is 17.6 Å². The third-order valence-electron chi connectivity index (χ3n) is 5.14. The van der Waals surface area contributed by atoms with E-state index in [4.69, 9.17) is 0 Å². The van der Waals surface area contributed by atoms with Gasteiger partial charge in [-0.1, -0.05) is 6.07 Å². The summed E-state index contributed by atoms with van der Waals surface area (Å²) in [6, 6.07) is 4.50. The highest BCUT2D eigenvalue weighted by Crippen LogP contribution is 2.26. The van der Waals surface area contributed by atoms with Crippen molar-refractivity contribution in [2.45, 2.75) is 39.2 Å². The highest BCUT2D eigenvalue weighted by atomic mass is 16.6. The summed E-state index contributed by atoms with van der Waals surface area (Å²) in [5, 5.41) is 17.1. The van der Waals surface area contributed by atoms with E-state index in [2.05, 4.69) is 15.5 Å². The molecule has 1 aliphatic heterocycles. The molecule has 0 bridgehead atoms. The van der Waals surface area contributed by atoms with Gasteiger partial charge in [0, 0.05) is 6.07 Å². The van der Waals surface area contributed by atoms with Gasteiger partial charge in [0.05, 0.1) is 22.2 Å². The molecule has 1 aromatic carbocycles. The van der Waals surface area contributed by atoms with Gasteiger partial charge in [0.25, 0.3) is 5.69 Å². The van der Waals surface area contributed by atoms with Crippen LogP contribution in [0.1, 0.15) is 31.7 Å². The van der Waals surface area contributed by atoms with Crippen LogP contribution < -0.4 is 10.6 Å². The van der Waals surface area contributed by atoms with Crippen LogP contribution in [0.2, 0.25) is 0 Å². The second-order valence-corrected chi connectivity index (χ2v) is 6.74. The molecule has 7 heteroatoms. The number of nitro groups is 1. The van der Waals surface area contributed by atoms with Crippen LogP contribution in [0, 0.1) is 23.0 Å². The minimum absolute atomic E-state index is 0.0239. The predicted octanol–water partition coefficient (Wildman–Crippen LogP) is 2.55. The van der Waals surface area contributed by atoms with Crippen molar-refractivity contribution in [3.8, 4) is 0 Å². The SMILES string of the molecule is CNCCC1CCN(C(C)C(=O)Nc2cccc([N+](=O)[O-])c2C)CC1. The predicted molar refractivity (Wildman–Crippen MR) is 98.8 cm³/mol. The molecule has 1 heterocycles. The van der Waals surface area contributed by atoms with Gasteiger partial charge < -0.3 is 10.6 Å². The number of nitrogens with zero attached hydrogens (tertiary/aromatic N) is 2. The fourth-order valence-electron chi connectivity index (χ4n) is 3.34. The van der Waals surface area contributed by atoms with Crippen molar-refractivity contribution in [3.63, 3.8) is 0 Å². The number of piperidine rings is 1. The van der Waals surface area contributed by atoms with Gasteiger partial charge in [-0.25, -0.2) is 0 Å². The Morgan fingerprint density at radius 2 is 2.08 bits per heavy atom. The van der Waals surface area contributed by atoms with Gasteiger partial charge in [-0.05, 0) is 71.8 Å². The number of carbonyl (C=O) groups excluding carboxylic acids is 1. The lowest BCUT2D eigenvalue weighted by molar-refractivity contribution is -0.385. The second kappa shape index (κ2) is 8.92. The van der Waals surface area contributed by atoms with Gasteiger partial charge in [-0.3, -0.25) is 19.8 Å². The van der Waals surface area contributed by atoms with E-state index in [0.29, 0.717) is 11.3 Å². The Labute approximate surface area is 148 Å². The lowest BCUT2D eigenvalue weighted by atomic mass is 9.93. The summed E-state index contributed by atoms with van der Waals surface area (Å²) in [7, 11) is 1.97. The van der Waals surface area contributed by atoms with Crippen molar-refractivity contribution in [2.24, 2.45) is 5.92 Å². The summed E-state index contributed by atoms with van der Waals surface area (Å²) in [6.07, 6.45) is 3.39. The van der Waals surface area contributed by atoms with Gasteiger partial charge in [-0.2, -0.15) is 0 Å². The van der Waals surface area contributed by atoms with Gasteiger partial charge in [-0.15, -0.1) is 0 Å². The number of likely N-dealkylation sites (tertiary alicyclic amines) is 1. The standard InChI is InChI=1S/C18H28N4O3/c1-13-16(5-4-6-17(13)22(24)25)20-18(23)14(2)21-11-8-15(9-12-21)7-10-19-3/h4-6,14-15,19H,7-12H2,1-3H3,(H,20,23). The van der Waals surface area contributed by atoms with Crippen molar-refractivity contribution in [1.82, 2.24) is 10.2 Å². The summed E-state index contributed by atoms with van der Waals surface area (Å²) in [4.78, 5) is 25.4. The summed E-state index contributed by atoms with van der Waals surface area (Å²) in [5.41, 5.74) is 1.02. The van der Waals surface area contributed by atoms with Crippen LogP contribution >= 0.6 is 0 Å². The highest BCUT2D eigenvalue weighted by molar-refractivity contribution is 5.95. The smallest absolute Gasteiger partial charge is 0.274 e. The Morgan fingerprint density at radius 3 is 2.68 bits per heavy atom. The number of carbonyl (C=O) groups is 1. The van der Waals surface area contributed by atoms with E-state index >= 15 is 0 Å². The Balaban J connectivity index is 1.93. The molecule has 138 valence electrons. The molecular weight excluding hydrogens is 320 g/mol. The van der Waals surface area contributed by atoms with E-state index in [1.165, 1.54) is 12.5 Å². The van der Waals surface area contributed by atoms with Crippen LogP contribution in [-0.4, -0.2) is 48.5 Å². The first-order valence-electron chi connectivity index (χ1n) is 8.87. The second-order valence-electron chi connectivity index (χ2n) is 6.74. The van der Waals surface area contributed by atoms with Crippen molar-refractivity contribution < 1.29 is 9.72 Å². The van der Waals surface area contributed by atoms with E-state index in [0.717, 1.165) is 38.4 Å². The zero-order valence-corrected chi connectivity index (χ0v) is 15.2. The Bertz CT molecular complexity index is 612. The zero-order valence-electron chi connectivity index (χ0n) is 15.2. The fourth-order valence-corrected chi connectivity index (χ4v) is 3.34. The molecule has 1 fully saturated rings. The average molecular weight is 348 g/mol. The van der Waals surface area contributed by atoms with Crippen LogP contribution in [0.4, 0.5) is 11.4 Å². The monoisotopic (exact) mass is 348 g/mol. The molecule has 1 unspecified atom stereocenters. The van der Waals surface area contributed by atoms with Gasteiger partial charge >= 0.3 is 0 Å². The minimum atomic E-state index is -0.426. The average Bonchev–Trinajstić information content (AvgIpc) is 2.61. The molecule has 2 N–H and O–H groups in total. The molecule has 1 amide bonds. The summed E-state index contributed by atoms with van der Waals surface area (Å²) in [5.74, 6) is 0.607. The Hall–Kier alpha value is -1.99. The minimum Gasteiger partial charge on any atom is -0.324 e. The number of benzene rings is 1. The normalized spacial score (nSPS) is 17.2. The number of rotatable bonds is 7. The summed E-state index contributed by atoms with van der Waals surface area (Å²) in [6.45, 7) is 6.42. The molecule has 0 aromatic heterocycles. The molecule has 0 spiro atoms. The molecule has 1 saturated heterocycles. The molecule has 1 aromatic rings. The third kappa shape index (κ3) is 4.99. The van der Waals surface area contributed by atoms with Crippen LogP contribution in [0.15, 0.2) is 18.2 Å². The maximum absolute atomic E-state index is 12.6. The van der Waals surface area contributed by atoms with Crippen molar-refractivity contribution in [3.05, 3.63) is 33.9 Å². The number of nitro benzene ring substituents is 1. The zero-order chi connectivity index (χ0) is 18.4. The van der Waals surface area contributed by atoms with E-state index < -0.39 is 4.92 Å². The van der Waals surface area contributed by atoms with E-state index in [1.54, 1.807) is 19.1 Å². The van der Waals surface area contributed by atoms with Gasteiger partial charge in [0.15, 0.2) is 0 Å². The molecule has 0 saturated carbocycles. The number of anilines is 1. The fraction of sp³-hybridized carbons (Fsp3) is 0.611. The molecule has 0 radical (unpaired) electrons. The van der Waals surface area contributed by atoms with Gasteiger partial charge in [0.2, 0.25) is 5.91 Å². The first kappa shape index (κ1) is 19.3. The molecule has 7 nitrogen and oxygen atoms in total. The molecule has 0 aliphatic carbocycles. The third-order valence-corrected chi connectivity index (χ3v) is 5.14. The summed E-state index contributed by atoms with van der Waals surface area (Å²) >= 11 is 0. The molecular formula is C18H28N4O3. The van der Waals surface area contributed by atoms with E-state index in [1.807, 2.05) is 14.0 Å². The summed E-state index contributed by atoms with van der Waals surface area (Å²) < 4.78 is 0. The molecule has 1 atom stereocenters. The molecule has 2 rings (SSSR count). The lowest BCUT2D eigenvalue weighted by Crippen LogP contribution is -2.46. The largest absolute Gasteiger partial charge is 0.324 e. The molecule has 1 aliphatic rings. The van der Waals surface area contributed by atoms with Crippen molar-refractivity contribution in [2.75, 3.05) is 32.0 Å². The van der Waals surface area contributed by atoms with Crippen LogP contribution in [0.5, 0.6) is 0 Å². The lowest BCUT2D eigenvalue weighted by Gasteiger charge is -2.35. The van der Waals surface area contributed by atoms with Crippen LogP contribution in [0.3, 0.4) is 0 Å². The van der Waals surface area contributed by atoms with Crippen LogP contribution in [0.25, 0.3) is 0 Å². The number of amides is 1. The first-order chi connectivity index (χ1) is 11.9. The molecule has 25 heavy (non-hydrogen) atoms. The highest BCUT2D eigenvalue weighted by Gasteiger charge is 2.27.